The summed E-state index contributed by atoms with van der Waals surface area (Å²) in [5, 5.41) is 2.97. The number of hydrogen-bond donors (Lipinski definition) is 1. The number of anilines is 1. The molecule has 1 N–H and O–H groups in total. The molecule has 17 heavy (non-hydrogen) atoms. The lowest BCUT2D eigenvalue weighted by molar-refractivity contribution is 1.13. The third kappa shape index (κ3) is 3.06. The second kappa shape index (κ2) is 5.16. The van der Waals surface area contributed by atoms with E-state index in [9.17, 15) is 0 Å². The predicted molar refractivity (Wildman–Crippen MR) is 84.7 cm³/mol. The van der Waals surface area contributed by atoms with Gasteiger partial charge in [-0.25, -0.2) is 0 Å². The van der Waals surface area contributed by atoms with Gasteiger partial charge < -0.3 is 10.2 Å². The molecule has 0 unspecified atom stereocenters. The van der Waals surface area contributed by atoms with Crippen LogP contribution in [-0.4, -0.2) is 23.4 Å². The molecule has 1 saturated heterocycles. The Morgan fingerprint density at radius 1 is 1.18 bits per heavy atom. The van der Waals surface area contributed by atoms with Crippen molar-refractivity contribution in [1.82, 2.24) is 5.32 Å². The van der Waals surface area contributed by atoms with Crippen molar-refractivity contribution in [2.24, 2.45) is 0 Å². The normalized spacial score (nSPS) is 17.4. The maximum absolute atomic E-state index is 5.19. The van der Waals surface area contributed by atoms with Gasteiger partial charge in [-0.3, -0.25) is 0 Å². The first-order valence-corrected chi connectivity index (χ1v) is 6.72. The Morgan fingerprint density at radius 2 is 1.82 bits per heavy atom. The van der Waals surface area contributed by atoms with Crippen LogP contribution in [0.5, 0.6) is 0 Å². The third-order valence-electron chi connectivity index (χ3n) is 2.35. The van der Waals surface area contributed by atoms with E-state index in [1.54, 1.807) is 0 Å². The summed E-state index contributed by atoms with van der Waals surface area (Å²) in [5.74, 6) is 0. The van der Waals surface area contributed by atoms with Crippen LogP contribution in [0.3, 0.4) is 0 Å². The number of benzene rings is 1. The summed E-state index contributed by atoms with van der Waals surface area (Å²) < 4.78 is 0.728. The molecule has 0 amide bonds. The van der Waals surface area contributed by atoms with Crippen molar-refractivity contribution in [2.45, 2.75) is 0 Å². The molecular weight excluding hydrogens is 268 g/mol. The van der Waals surface area contributed by atoms with Crippen LogP contribution in [0.1, 0.15) is 5.56 Å². The Balaban J connectivity index is 2.21. The van der Waals surface area contributed by atoms with Crippen molar-refractivity contribution in [3.8, 4) is 0 Å². The Morgan fingerprint density at radius 3 is 2.29 bits per heavy atom. The molecule has 1 heterocycles. The summed E-state index contributed by atoms with van der Waals surface area (Å²) in [6.07, 6.45) is 2.05. The molecule has 0 saturated carbocycles. The van der Waals surface area contributed by atoms with Crippen LogP contribution in [-0.2, 0) is 0 Å². The first-order chi connectivity index (χ1) is 8.06. The standard InChI is InChI=1S/C12H12N2S3/c1-14(2)9-5-3-8(4-6-9)7-10-11(15)13-12(16)17-10/h3-7H,1-2H3,(H,13,15,16)/b10-7+. The summed E-state index contributed by atoms with van der Waals surface area (Å²) in [5.41, 5.74) is 2.31. The van der Waals surface area contributed by atoms with E-state index >= 15 is 0 Å². The molecule has 0 atom stereocenters. The molecule has 5 heteroatoms. The van der Waals surface area contributed by atoms with Crippen molar-refractivity contribution >= 4 is 57.3 Å². The Hall–Kier alpha value is -0.910. The minimum Gasteiger partial charge on any atom is -0.378 e. The molecule has 1 aromatic rings. The quantitative estimate of drug-likeness (QED) is 0.659. The second-order valence-electron chi connectivity index (χ2n) is 3.84. The van der Waals surface area contributed by atoms with Crippen molar-refractivity contribution in [2.75, 3.05) is 19.0 Å². The molecule has 0 aromatic heterocycles. The number of nitrogens with zero attached hydrogens (tertiary/aromatic N) is 1. The van der Waals surface area contributed by atoms with Crippen LogP contribution in [0, 0.1) is 0 Å². The molecular formula is C12H12N2S3. The highest BCUT2D eigenvalue weighted by molar-refractivity contribution is 8.27. The van der Waals surface area contributed by atoms with E-state index in [0.29, 0.717) is 0 Å². The third-order valence-corrected chi connectivity index (χ3v) is 3.98. The zero-order chi connectivity index (χ0) is 12.4. The summed E-state index contributed by atoms with van der Waals surface area (Å²) >= 11 is 11.8. The largest absolute Gasteiger partial charge is 0.378 e. The lowest BCUT2D eigenvalue weighted by atomic mass is 10.2. The second-order valence-corrected chi connectivity index (χ2v) is 5.97. The van der Waals surface area contributed by atoms with Crippen molar-refractivity contribution in [3.63, 3.8) is 0 Å². The van der Waals surface area contributed by atoms with E-state index < -0.39 is 0 Å². The fourth-order valence-corrected chi connectivity index (χ4v) is 2.92. The van der Waals surface area contributed by atoms with Crippen LogP contribution < -0.4 is 10.2 Å². The van der Waals surface area contributed by atoms with Gasteiger partial charge in [-0.15, -0.1) is 0 Å². The SMILES string of the molecule is CN(C)c1ccc(/C=C2/SC(=S)NC2=S)cc1. The Kier molecular flexibility index (Phi) is 3.81. The Bertz CT molecular complexity index is 489. The molecule has 1 aromatic carbocycles. The maximum Gasteiger partial charge on any atom is 0.143 e. The minimum absolute atomic E-state index is 0.719. The molecule has 2 nitrogen and oxygen atoms in total. The molecule has 2 rings (SSSR count). The van der Waals surface area contributed by atoms with Gasteiger partial charge in [-0.1, -0.05) is 48.3 Å². The summed E-state index contributed by atoms with van der Waals surface area (Å²) in [7, 11) is 4.05. The van der Waals surface area contributed by atoms with Gasteiger partial charge in [0.25, 0.3) is 0 Å². The average Bonchev–Trinajstić information content (AvgIpc) is 2.58. The number of rotatable bonds is 2. The fraction of sp³-hybridized carbons (Fsp3) is 0.167. The van der Waals surface area contributed by atoms with E-state index in [-0.39, 0.29) is 0 Å². The molecule has 1 fully saturated rings. The topological polar surface area (TPSA) is 15.3 Å². The Labute approximate surface area is 116 Å². The average molecular weight is 280 g/mol. The lowest BCUT2D eigenvalue weighted by Crippen LogP contribution is -2.15. The molecule has 1 aliphatic heterocycles. The first-order valence-electron chi connectivity index (χ1n) is 5.08. The van der Waals surface area contributed by atoms with Crippen molar-refractivity contribution in [1.29, 1.82) is 0 Å². The van der Waals surface area contributed by atoms with Gasteiger partial charge in [-0.05, 0) is 23.8 Å². The van der Waals surface area contributed by atoms with Gasteiger partial charge in [0.1, 0.15) is 9.31 Å². The molecule has 0 aliphatic carbocycles. The summed E-state index contributed by atoms with van der Waals surface area (Å²) in [6.45, 7) is 0. The van der Waals surface area contributed by atoms with Gasteiger partial charge >= 0.3 is 0 Å². The molecule has 0 bridgehead atoms. The molecule has 0 radical (unpaired) electrons. The maximum atomic E-state index is 5.19. The van der Waals surface area contributed by atoms with Crippen LogP contribution in [0.25, 0.3) is 6.08 Å². The predicted octanol–water partition coefficient (Wildman–Crippen LogP) is 3.04. The number of thioether (sulfide) groups is 1. The van der Waals surface area contributed by atoms with Gasteiger partial charge in [0.15, 0.2) is 0 Å². The van der Waals surface area contributed by atoms with Crippen molar-refractivity contribution < 1.29 is 0 Å². The number of hydrogen-bond acceptors (Lipinski definition) is 4. The van der Waals surface area contributed by atoms with Gasteiger partial charge in [0.2, 0.25) is 0 Å². The van der Waals surface area contributed by atoms with E-state index in [2.05, 4.69) is 40.6 Å². The smallest absolute Gasteiger partial charge is 0.143 e. The minimum atomic E-state index is 0.719. The summed E-state index contributed by atoms with van der Waals surface area (Å²) in [4.78, 5) is 3.81. The van der Waals surface area contributed by atoms with E-state index in [1.807, 2.05) is 14.1 Å². The zero-order valence-electron chi connectivity index (χ0n) is 9.56. The van der Waals surface area contributed by atoms with Crippen LogP contribution in [0.2, 0.25) is 0 Å². The van der Waals surface area contributed by atoms with Crippen molar-refractivity contribution in [3.05, 3.63) is 34.7 Å². The highest BCUT2D eigenvalue weighted by Crippen LogP contribution is 2.27. The van der Waals surface area contributed by atoms with E-state index in [0.717, 1.165) is 19.8 Å². The van der Waals surface area contributed by atoms with Gasteiger partial charge in [0, 0.05) is 24.7 Å². The molecule has 88 valence electrons. The van der Waals surface area contributed by atoms with Gasteiger partial charge in [-0.2, -0.15) is 0 Å². The molecule has 1 aliphatic rings. The monoisotopic (exact) mass is 280 g/mol. The van der Waals surface area contributed by atoms with Crippen LogP contribution in [0.4, 0.5) is 5.69 Å². The molecule has 0 spiro atoms. The van der Waals surface area contributed by atoms with Crippen LogP contribution >= 0.6 is 36.2 Å². The van der Waals surface area contributed by atoms with E-state index in [4.69, 9.17) is 24.4 Å². The first kappa shape index (κ1) is 12.5. The number of thiocarbonyl (C=S) groups is 2. The summed E-state index contributed by atoms with van der Waals surface area (Å²) in [6, 6.07) is 8.32. The van der Waals surface area contributed by atoms with E-state index in [1.165, 1.54) is 17.4 Å². The zero-order valence-corrected chi connectivity index (χ0v) is 12.0. The highest BCUT2D eigenvalue weighted by atomic mass is 32.2. The van der Waals surface area contributed by atoms with Crippen LogP contribution in [0.15, 0.2) is 29.2 Å². The highest BCUT2D eigenvalue weighted by Gasteiger charge is 2.18. The van der Waals surface area contributed by atoms with Gasteiger partial charge in [0.05, 0.1) is 0 Å². The number of nitrogens with one attached hydrogen (secondary N) is 1. The fourth-order valence-electron chi connectivity index (χ4n) is 1.44. The lowest BCUT2D eigenvalue weighted by Gasteiger charge is -2.11.